The van der Waals surface area contributed by atoms with Gasteiger partial charge in [0.15, 0.2) is 11.5 Å². The standard InChI is InChI=1S/C50H31N5/c1-3-18-38-33(12-1)14-10-22-40(38)44-31-45(41-23-11-15-34-13-2-4-19-39(34)41)52-49(51-44)35-27-25-32(26-28-35)36-16-9-17-37(30-36)47-42-20-5-6-21-43(42)48-50(54-47)55-29-8-7-24-46(55)53-48/h1-31H. The predicted octanol–water partition coefficient (Wildman–Crippen LogP) is 12.5. The summed E-state index contributed by atoms with van der Waals surface area (Å²) in [7, 11) is 0. The van der Waals surface area contributed by atoms with Gasteiger partial charge in [-0.15, -0.1) is 0 Å². The fourth-order valence-corrected chi connectivity index (χ4v) is 7.96. The summed E-state index contributed by atoms with van der Waals surface area (Å²) in [4.78, 5) is 20.6. The summed E-state index contributed by atoms with van der Waals surface area (Å²) < 4.78 is 2.07. The molecule has 0 aliphatic heterocycles. The minimum absolute atomic E-state index is 0.686. The Balaban J connectivity index is 1.02. The van der Waals surface area contributed by atoms with Crippen LogP contribution >= 0.6 is 0 Å². The Morgan fingerprint density at radius 1 is 0.364 bits per heavy atom. The van der Waals surface area contributed by atoms with Crippen molar-refractivity contribution >= 4 is 49.1 Å². The number of nitrogens with zero attached hydrogens (tertiary/aromatic N) is 5. The lowest BCUT2D eigenvalue weighted by molar-refractivity contribution is 1.19. The minimum atomic E-state index is 0.686. The second kappa shape index (κ2) is 12.6. The van der Waals surface area contributed by atoms with E-state index >= 15 is 0 Å². The number of hydrogen-bond acceptors (Lipinski definition) is 4. The second-order valence-corrected chi connectivity index (χ2v) is 13.9. The van der Waals surface area contributed by atoms with E-state index in [1.807, 2.05) is 24.4 Å². The molecule has 4 heterocycles. The molecule has 5 heteroatoms. The number of imidazole rings is 1. The maximum absolute atomic E-state index is 5.24. The Hall–Kier alpha value is -7.50. The molecule has 0 amide bonds. The number of hydrogen-bond donors (Lipinski definition) is 0. The van der Waals surface area contributed by atoms with Gasteiger partial charge in [-0.1, -0.05) is 158 Å². The molecule has 0 saturated heterocycles. The molecule has 256 valence electrons. The van der Waals surface area contributed by atoms with Crippen molar-refractivity contribution in [1.29, 1.82) is 0 Å². The lowest BCUT2D eigenvalue weighted by Gasteiger charge is -2.13. The van der Waals surface area contributed by atoms with E-state index in [1.165, 1.54) is 10.8 Å². The van der Waals surface area contributed by atoms with Crippen molar-refractivity contribution in [3.63, 3.8) is 0 Å². The van der Waals surface area contributed by atoms with Crippen molar-refractivity contribution in [1.82, 2.24) is 24.3 Å². The van der Waals surface area contributed by atoms with E-state index < -0.39 is 0 Å². The molecular formula is C50H31N5. The van der Waals surface area contributed by atoms with E-state index in [-0.39, 0.29) is 0 Å². The van der Waals surface area contributed by atoms with Gasteiger partial charge >= 0.3 is 0 Å². The normalized spacial score (nSPS) is 11.6. The predicted molar refractivity (Wildman–Crippen MR) is 226 cm³/mol. The maximum Gasteiger partial charge on any atom is 0.165 e. The van der Waals surface area contributed by atoms with Gasteiger partial charge in [0.1, 0.15) is 11.2 Å². The summed E-state index contributed by atoms with van der Waals surface area (Å²) in [5.74, 6) is 0.686. The average molecular weight is 702 g/mol. The molecule has 0 unspecified atom stereocenters. The third-order valence-electron chi connectivity index (χ3n) is 10.6. The van der Waals surface area contributed by atoms with Gasteiger partial charge in [-0.05, 0) is 56.9 Å². The van der Waals surface area contributed by atoms with Gasteiger partial charge in [-0.3, -0.25) is 4.40 Å². The van der Waals surface area contributed by atoms with Crippen molar-refractivity contribution in [2.24, 2.45) is 0 Å². The molecule has 0 bridgehead atoms. The van der Waals surface area contributed by atoms with Crippen LogP contribution in [-0.4, -0.2) is 24.3 Å². The monoisotopic (exact) mass is 701 g/mol. The molecule has 7 aromatic carbocycles. The topological polar surface area (TPSA) is 56.0 Å². The highest BCUT2D eigenvalue weighted by atomic mass is 15.1. The number of benzene rings is 7. The van der Waals surface area contributed by atoms with Crippen LogP contribution in [0.2, 0.25) is 0 Å². The summed E-state index contributed by atoms with van der Waals surface area (Å²) in [6.07, 6.45) is 2.03. The smallest absolute Gasteiger partial charge is 0.165 e. The number of pyridine rings is 2. The molecule has 55 heavy (non-hydrogen) atoms. The van der Waals surface area contributed by atoms with E-state index in [1.54, 1.807) is 0 Å². The molecule has 5 nitrogen and oxygen atoms in total. The van der Waals surface area contributed by atoms with Gasteiger partial charge in [-0.25, -0.2) is 19.9 Å². The first-order chi connectivity index (χ1) is 27.2. The maximum atomic E-state index is 5.24. The largest absolute Gasteiger partial charge is 0.284 e. The minimum Gasteiger partial charge on any atom is -0.284 e. The molecule has 0 aliphatic carbocycles. The van der Waals surface area contributed by atoms with Crippen molar-refractivity contribution in [2.75, 3.05) is 0 Å². The van der Waals surface area contributed by atoms with E-state index in [0.29, 0.717) is 5.82 Å². The van der Waals surface area contributed by atoms with Gasteiger partial charge in [0.25, 0.3) is 0 Å². The Bertz CT molecular complexity index is 3160. The van der Waals surface area contributed by atoms with Crippen LogP contribution in [0.4, 0.5) is 0 Å². The molecule has 0 saturated carbocycles. The van der Waals surface area contributed by atoms with Gasteiger partial charge in [-0.2, -0.15) is 0 Å². The molecule has 11 rings (SSSR count). The Kier molecular flexibility index (Phi) is 7.10. The van der Waals surface area contributed by atoms with Crippen LogP contribution in [0.25, 0.3) is 105 Å². The highest BCUT2D eigenvalue weighted by Crippen LogP contribution is 2.37. The van der Waals surface area contributed by atoms with E-state index in [4.69, 9.17) is 19.9 Å². The van der Waals surface area contributed by atoms with E-state index in [0.717, 1.165) is 88.8 Å². The van der Waals surface area contributed by atoms with Crippen LogP contribution in [-0.2, 0) is 0 Å². The Morgan fingerprint density at radius 3 is 1.64 bits per heavy atom. The summed E-state index contributed by atoms with van der Waals surface area (Å²) in [5, 5.41) is 6.86. The first-order valence-electron chi connectivity index (χ1n) is 18.5. The summed E-state index contributed by atoms with van der Waals surface area (Å²) >= 11 is 0. The fraction of sp³-hybridized carbons (Fsp3) is 0. The molecule has 4 aromatic heterocycles. The van der Waals surface area contributed by atoms with E-state index in [2.05, 4.69) is 168 Å². The zero-order valence-corrected chi connectivity index (χ0v) is 29.6. The Morgan fingerprint density at radius 2 is 0.927 bits per heavy atom. The van der Waals surface area contributed by atoms with Crippen LogP contribution in [0, 0.1) is 0 Å². The molecule has 0 fully saturated rings. The number of fused-ring (bicyclic) bond motifs is 7. The summed E-state index contributed by atoms with van der Waals surface area (Å²) in [6, 6.07) is 63.6. The molecule has 0 atom stereocenters. The van der Waals surface area contributed by atoms with Gasteiger partial charge in [0.05, 0.1) is 17.1 Å². The third-order valence-corrected chi connectivity index (χ3v) is 10.6. The summed E-state index contributed by atoms with van der Waals surface area (Å²) in [6.45, 7) is 0. The van der Waals surface area contributed by atoms with Crippen LogP contribution in [0.3, 0.4) is 0 Å². The molecule has 0 aliphatic rings. The van der Waals surface area contributed by atoms with Crippen molar-refractivity contribution in [2.45, 2.75) is 0 Å². The highest BCUT2D eigenvalue weighted by molar-refractivity contribution is 6.09. The Labute approximate surface area is 316 Å². The van der Waals surface area contributed by atoms with Gasteiger partial charge < -0.3 is 0 Å². The first kappa shape index (κ1) is 31.1. The molecule has 11 aromatic rings. The zero-order chi connectivity index (χ0) is 36.3. The first-order valence-corrected chi connectivity index (χ1v) is 18.5. The van der Waals surface area contributed by atoms with Crippen LogP contribution in [0.5, 0.6) is 0 Å². The molecule has 0 radical (unpaired) electrons. The SMILES string of the molecule is c1cc(-c2ccc(-c3nc(-c4cccc5ccccc45)cc(-c4cccc5ccccc45)n3)cc2)cc(-c2nc3c(nc4ccccn43)c3ccccc23)c1. The van der Waals surface area contributed by atoms with Crippen LogP contribution < -0.4 is 0 Å². The summed E-state index contributed by atoms with van der Waals surface area (Å²) in [5.41, 5.74) is 11.8. The molecule has 0 spiro atoms. The average Bonchev–Trinajstić information content (AvgIpc) is 3.64. The molecular weight excluding hydrogens is 671 g/mol. The number of rotatable bonds is 5. The van der Waals surface area contributed by atoms with Crippen LogP contribution in [0.15, 0.2) is 188 Å². The lowest BCUT2D eigenvalue weighted by Crippen LogP contribution is -1.97. The van der Waals surface area contributed by atoms with E-state index in [9.17, 15) is 0 Å². The molecule has 0 N–H and O–H groups in total. The lowest BCUT2D eigenvalue weighted by atomic mass is 9.97. The van der Waals surface area contributed by atoms with Gasteiger partial charge in [0.2, 0.25) is 0 Å². The fourth-order valence-electron chi connectivity index (χ4n) is 7.96. The third kappa shape index (κ3) is 5.24. The van der Waals surface area contributed by atoms with Crippen molar-refractivity contribution in [3.8, 4) is 56.3 Å². The quantitative estimate of drug-likeness (QED) is 0.179. The number of aromatic nitrogens is 5. The van der Waals surface area contributed by atoms with Crippen molar-refractivity contribution in [3.05, 3.63) is 188 Å². The zero-order valence-electron chi connectivity index (χ0n) is 29.6. The highest BCUT2D eigenvalue weighted by Gasteiger charge is 2.17. The second-order valence-electron chi connectivity index (χ2n) is 13.9. The van der Waals surface area contributed by atoms with Crippen molar-refractivity contribution < 1.29 is 0 Å². The van der Waals surface area contributed by atoms with Gasteiger partial charge in [0, 0.05) is 39.2 Å². The van der Waals surface area contributed by atoms with Crippen LogP contribution in [0.1, 0.15) is 0 Å².